The average molecular weight is 427 g/mol. The van der Waals surface area contributed by atoms with Crippen molar-refractivity contribution < 1.29 is 23.5 Å². The zero-order chi connectivity index (χ0) is 21.3. The minimum Gasteiger partial charge on any atom is -0.480 e. The summed E-state index contributed by atoms with van der Waals surface area (Å²) in [5, 5.41) is 3.18. The highest BCUT2D eigenvalue weighted by atomic mass is 32.1. The first-order valence-corrected chi connectivity index (χ1v) is 10.6. The van der Waals surface area contributed by atoms with E-state index in [0.29, 0.717) is 34.9 Å². The summed E-state index contributed by atoms with van der Waals surface area (Å²) < 4.78 is 16.1. The number of benzene rings is 1. The van der Waals surface area contributed by atoms with Gasteiger partial charge in [0.25, 0.3) is 5.91 Å². The number of methoxy groups -OCH3 is 1. The van der Waals surface area contributed by atoms with Crippen LogP contribution in [0.1, 0.15) is 35.7 Å². The Morgan fingerprint density at radius 2 is 2.10 bits per heavy atom. The number of carbonyl (C=O) groups is 2. The van der Waals surface area contributed by atoms with Crippen LogP contribution in [0.3, 0.4) is 0 Å². The summed E-state index contributed by atoms with van der Waals surface area (Å²) in [4.78, 5) is 38.3. The number of rotatable bonds is 6. The molecule has 4 rings (SSSR count). The van der Waals surface area contributed by atoms with E-state index in [1.807, 2.05) is 6.07 Å². The topological polar surface area (TPSA) is 86.1 Å². The van der Waals surface area contributed by atoms with Crippen LogP contribution < -0.4 is 15.3 Å². The van der Waals surface area contributed by atoms with Gasteiger partial charge in [0, 0.05) is 30.5 Å². The summed E-state index contributed by atoms with van der Waals surface area (Å²) in [7, 11) is 1.31. The highest BCUT2D eigenvalue weighted by molar-refractivity contribution is 7.14. The molecule has 0 unspecified atom stereocenters. The molecule has 0 N–H and O–H groups in total. The number of carbonyl (C=O) groups excluding carboxylic acids is 2. The lowest BCUT2D eigenvalue weighted by Gasteiger charge is -2.17. The van der Waals surface area contributed by atoms with E-state index in [0.717, 1.165) is 23.8 Å². The van der Waals surface area contributed by atoms with Crippen LogP contribution in [-0.2, 0) is 16.0 Å². The Morgan fingerprint density at radius 3 is 2.87 bits per heavy atom. The van der Waals surface area contributed by atoms with Gasteiger partial charge in [-0.2, -0.15) is 0 Å². The van der Waals surface area contributed by atoms with E-state index in [1.165, 1.54) is 24.5 Å². The second kappa shape index (κ2) is 8.31. The molecule has 1 aromatic carbocycles. The van der Waals surface area contributed by atoms with E-state index in [4.69, 9.17) is 13.9 Å². The summed E-state index contributed by atoms with van der Waals surface area (Å²) >= 11 is 1.31. The van der Waals surface area contributed by atoms with Crippen LogP contribution in [0.2, 0.25) is 0 Å². The average Bonchev–Trinajstić information content (AvgIpc) is 3.34. The number of nitrogens with zero attached hydrogens (tertiary/aromatic N) is 1. The Morgan fingerprint density at radius 1 is 1.27 bits per heavy atom. The summed E-state index contributed by atoms with van der Waals surface area (Å²) in [5.74, 6) is -0.237. The molecule has 1 amide bonds. The van der Waals surface area contributed by atoms with Crippen molar-refractivity contribution in [2.45, 2.75) is 32.3 Å². The summed E-state index contributed by atoms with van der Waals surface area (Å²) in [6.45, 7) is 2.49. The minimum atomic E-state index is -0.680. The predicted octanol–water partition coefficient (Wildman–Crippen LogP) is 3.78. The third-order valence-electron chi connectivity index (χ3n) is 5.05. The van der Waals surface area contributed by atoms with E-state index < -0.39 is 17.7 Å². The van der Waals surface area contributed by atoms with Gasteiger partial charge in [-0.1, -0.05) is 13.3 Å². The molecule has 7 nitrogen and oxygen atoms in total. The summed E-state index contributed by atoms with van der Waals surface area (Å²) in [5.41, 5.74) is 1.34. The van der Waals surface area contributed by atoms with Crippen molar-refractivity contribution in [1.29, 1.82) is 0 Å². The fourth-order valence-corrected chi connectivity index (χ4v) is 4.58. The molecule has 0 radical (unpaired) electrons. The van der Waals surface area contributed by atoms with Gasteiger partial charge in [-0.25, -0.2) is 9.59 Å². The van der Waals surface area contributed by atoms with Crippen molar-refractivity contribution in [1.82, 2.24) is 0 Å². The van der Waals surface area contributed by atoms with Crippen molar-refractivity contribution in [3.8, 4) is 5.75 Å². The van der Waals surface area contributed by atoms with Crippen LogP contribution in [-0.4, -0.2) is 31.6 Å². The lowest BCUT2D eigenvalue weighted by Crippen LogP contribution is -2.32. The van der Waals surface area contributed by atoms with Crippen LogP contribution in [0, 0.1) is 0 Å². The maximum atomic E-state index is 12.9. The second-order valence-corrected chi connectivity index (χ2v) is 7.91. The van der Waals surface area contributed by atoms with E-state index >= 15 is 0 Å². The molecule has 1 saturated heterocycles. The van der Waals surface area contributed by atoms with Crippen LogP contribution in [0.15, 0.2) is 44.9 Å². The van der Waals surface area contributed by atoms with Gasteiger partial charge in [0.1, 0.15) is 16.3 Å². The number of hydrogen-bond acceptors (Lipinski definition) is 7. The number of esters is 1. The summed E-state index contributed by atoms with van der Waals surface area (Å²) in [6, 6.07) is 8.45. The maximum absolute atomic E-state index is 12.9. The SMILES string of the molecule is CCCc1cc(=O)oc2cc(O[C@H]3CCN(c4sccc4C(=O)OC)C3=O)ccc12. The highest BCUT2D eigenvalue weighted by Crippen LogP contribution is 2.33. The predicted molar refractivity (Wildman–Crippen MR) is 114 cm³/mol. The number of hydrogen-bond donors (Lipinski definition) is 0. The zero-order valence-electron chi connectivity index (χ0n) is 16.7. The van der Waals surface area contributed by atoms with Crippen molar-refractivity contribution in [2.24, 2.45) is 0 Å². The fraction of sp³-hybridized carbons (Fsp3) is 0.318. The van der Waals surface area contributed by atoms with E-state index in [9.17, 15) is 14.4 Å². The minimum absolute atomic E-state index is 0.219. The molecular weight excluding hydrogens is 406 g/mol. The van der Waals surface area contributed by atoms with Gasteiger partial charge in [-0.05, 0) is 35.6 Å². The zero-order valence-corrected chi connectivity index (χ0v) is 17.5. The number of aryl methyl sites for hydroxylation is 1. The lowest BCUT2D eigenvalue weighted by atomic mass is 10.1. The van der Waals surface area contributed by atoms with E-state index in [1.54, 1.807) is 28.5 Å². The van der Waals surface area contributed by atoms with Gasteiger partial charge in [-0.15, -0.1) is 11.3 Å². The number of anilines is 1. The molecule has 156 valence electrons. The Hall–Kier alpha value is -3.13. The van der Waals surface area contributed by atoms with E-state index in [2.05, 4.69) is 6.92 Å². The van der Waals surface area contributed by atoms with E-state index in [-0.39, 0.29) is 5.91 Å². The molecule has 1 fully saturated rings. The molecule has 8 heteroatoms. The van der Waals surface area contributed by atoms with Gasteiger partial charge in [0.05, 0.1) is 12.7 Å². The molecule has 3 aromatic rings. The quantitative estimate of drug-likeness (QED) is 0.440. The highest BCUT2D eigenvalue weighted by Gasteiger charge is 2.37. The van der Waals surface area contributed by atoms with Crippen LogP contribution in [0.25, 0.3) is 11.0 Å². The normalized spacial score (nSPS) is 16.3. The Kier molecular flexibility index (Phi) is 5.59. The number of ether oxygens (including phenoxy) is 2. The van der Waals surface area contributed by atoms with Gasteiger partial charge < -0.3 is 13.9 Å². The third-order valence-corrected chi connectivity index (χ3v) is 5.99. The standard InChI is InChI=1S/C22H21NO6S/c1-3-4-13-11-19(24)29-18-12-14(5-6-15(13)18)28-17-7-9-23(20(17)25)21-16(8-10-30-21)22(26)27-2/h5-6,8,10-12,17H,3-4,7,9H2,1-2H3/t17-/m0/s1. The van der Waals surface area contributed by atoms with Crippen LogP contribution in [0.5, 0.6) is 5.75 Å². The van der Waals surface area contributed by atoms with Gasteiger partial charge in [0.2, 0.25) is 0 Å². The first-order valence-electron chi connectivity index (χ1n) is 9.72. The van der Waals surface area contributed by atoms with Crippen LogP contribution in [0.4, 0.5) is 5.00 Å². The number of fused-ring (bicyclic) bond motifs is 1. The fourth-order valence-electron chi connectivity index (χ4n) is 3.66. The maximum Gasteiger partial charge on any atom is 0.340 e. The number of thiophene rings is 1. The first kappa shape index (κ1) is 20.2. The largest absolute Gasteiger partial charge is 0.480 e. The molecule has 2 aromatic heterocycles. The number of amides is 1. The molecule has 0 bridgehead atoms. The van der Waals surface area contributed by atoms with Crippen molar-refractivity contribution in [3.63, 3.8) is 0 Å². The third kappa shape index (κ3) is 3.70. The molecule has 1 aliphatic heterocycles. The lowest BCUT2D eigenvalue weighted by molar-refractivity contribution is -0.122. The van der Waals surface area contributed by atoms with Crippen molar-refractivity contribution >= 4 is 39.2 Å². The molecule has 3 heterocycles. The molecular formula is C22H21NO6S. The van der Waals surface area contributed by atoms with Crippen LogP contribution >= 0.6 is 11.3 Å². The van der Waals surface area contributed by atoms with Gasteiger partial charge in [-0.3, -0.25) is 9.69 Å². The van der Waals surface area contributed by atoms with Crippen molar-refractivity contribution in [2.75, 3.05) is 18.6 Å². The first-order chi connectivity index (χ1) is 14.5. The Bertz CT molecular complexity index is 1160. The van der Waals surface area contributed by atoms with Gasteiger partial charge in [0.15, 0.2) is 6.10 Å². The molecule has 0 saturated carbocycles. The molecule has 1 atom stereocenters. The molecule has 0 spiro atoms. The van der Waals surface area contributed by atoms with Crippen molar-refractivity contribution in [3.05, 3.63) is 57.3 Å². The molecule has 0 aliphatic carbocycles. The second-order valence-electron chi connectivity index (χ2n) is 7.01. The van der Waals surface area contributed by atoms with Gasteiger partial charge >= 0.3 is 11.6 Å². The summed E-state index contributed by atoms with van der Waals surface area (Å²) in [6.07, 6.45) is 1.50. The molecule has 30 heavy (non-hydrogen) atoms. The smallest absolute Gasteiger partial charge is 0.340 e. The Labute approximate surface area is 176 Å². The monoisotopic (exact) mass is 427 g/mol. The Balaban J connectivity index is 1.56. The molecule has 1 aliphatic rings.